The van der Waals surface area contributed by atoms with Gasteiger partial charge in [-0.1, -0.05) is 46.3 Å². The summed E-state index contributed by atoms with van der Waals surface area (Å²) < 4.78 is 0. The lowest BCUT2D eigenvalue weighted by atomic mass is 9.78. The predicted octanol–water partition coefficient (Wildman–Crippen LogP) is 3.22. The van der Waals surface area contributed by atoms with Crippen molar-refractivity contribution in [3.05, 3.63) is 35.9 Å². The van der Waals surface area contributed by atoms with Gasteiger partial charge in [0.2, 0.25) is 5.91 Å². The number of carbonyl (C=O) groups is 1. The summed E-state index contributed by atoms with van der Waals surface area (Å²) in [5.74, 6) is 0.0584. The SMILES string of the molecule is CC(C(=O)NC1(CBr)CCC1)c1ccccc1. The van der Waals surface area contributed by atoms with E-state index in [1.165, 1.54) is 6.42 Å². The van der Waals surface area contributed by atoms with E-state index in [-0.39, 0.29) is 17.4 Å². The second kappa shape index (κ2) is 5.21. The van der Waals surface area contributed by atoms with Crippen LogP contribution in [0.3, 0.4) is 0 Å². The van der Waals surface area contributed by atoms with E-state index in [0.717, 1.165) is 23.7 Å². The molecule has 1 saturated carbocycles. The number of rotatable bonds is 4. The van der Waals surface area contributed by atoms with Crippen molar-refractivity contribution in [2.75, 3.05) is 5.33 Å². The van der Waals surface area contributed by atoms with Gasteiger partial charge in [-0.3, -0.25) is 4.79 Å². The fourth-order valence-electron chi connectivity index (χ4n) is 2.16. The van der Waals surface area contributed by atoms with Crippen LogP contribution in [0, 0.1) is 0 Å². The van der Waals surface area contributed by atoms with Crippen LogP contribution in [0.1, 0.15) is 37.7 Å². The highest BCUT2D eigenvalue weighted by atomic mass is 79.9. The molecule has 3 heteroatoms. The average molecular weight is 296 g/mol. The number of amides is 1. The first-order valence-corrected chi connectivity index (χ1v) is 7.22. The fourth-order valence-corrected chi connectivity index (χ4v) is 2.86. The molecule has 1 fully saturated rings. The normalized spacial score (nSPS) is 19.2. The third-order valence-corrected chi connectivity index (χ3v) is 4.72. The molecule has 1 aliphatic rings. The van der Waals surface area contributed by atoms with Gasteiger partial charge in [-0.15, -0.1) is 0 Å². The van der Waals surface area contributed by atoms with Crippen molar-refractivity contribution in [1.82, 2.24) is 5.32 Å². The van der Waals surface area contributed by atoms with Crippen molar-refractivity contribution in [1.29, 1.82) is 0 Å². The molecule has 1 aromatic carbocycles. The van der Waals surface area contributed by atoms with Gasteiger partial charge in [0.15, 0.2) is 0 Å². The van der Waals surface area contributed by atoms with Gasteiger partial charge in [0.05, 0.1) is 5.92 Å². The first-order chi connectivity index (χ1) is 8.17. The van der Waals surface area contributed by atoms with Gasteiger partial charge in [0, 0.05) is 10.9 Å². The first-order valence-electron chi connectivity index (χ1n) is 6.10. The average Bonchev–Trinajstić information content (AvgIpc) is 2.33. The first kappa shape index (κ1) is 12.6. The topological polar surface area (TPSA) is 29.1 Å². The lowest BCUT2D eigenvalue weighted by molar-refractivity contribution is -0.124. The molecule has 2 nitrogen and oxygen atoms in total. The number of halogens is 1. The van der Waals surface area contributed by atoms with Crippen LogP contribution in [0.4, 0.5) is 0 Å². The summed E-state index contributed by atoms with van der Waals surface area (Å²) in [6.07, 6.45) is 3.39. The standard InChI is InChI=1S/C14H18BrNO/c1-11(12-6-3-2-4-7-12)13(17)16-14(10-15)8-5-9-14/h2-4,6-7,11H,5,8-10H2,1H3,(H,16,17). The molecule has 2 rings (SSSR count). The molecule has 0 aliphatic heterocycles. The molecular weight excluding hydrogens is 278 g/mol. The molecule has 92 valence electrons. The van der Waals surface area contributed by atoms with Gasteiger partial charge in [-0.25, -0.2) is 0 Å². The minimum absolute atomic E-state index is 0.0140. The quantitative estimate of drug-likeness (QED) is 0.849. The maximum absolute atomic E-state index is 12.2. The molecule has 0 radical (unpaired) electrons. The maximum Gasteiger partial charge on any atom is 0.227 e. The molecule has 1 aliphatic carbocycles. The Morgan fingerprint density at radius 2 is 2.06 bits per heavy atom. The van der Waals surface area contributed by atoms with Crippen LogP contribution in [0.25, 0.3) is 0 Å². The lowest BCUT2D eigenvalue weighted by Gasteiger charge is -2.41. The van der Waals surface area contributed by atoms with E-state index < -0.39 is 0 Å². The molecule has 0 aromatic heterocycles. The minimum atomic E-state index is -0.0762. The summed E-state index contributed by atoms with van der Waals surface area (Å²) in [4.78, 5) is 12.2. The number of alkyl halides is 1. The van der Waals surface area contributed by atoms with Crippen molar-refractivity contribution >= 4 is 21.8 Å². The van der Waals surface area contributed by atoms with Crippen LogP contribution in [-0.2, 0) is 4.79 Å². The van der Waals surface area contributed by atoms with Gasteiger partial charge in [-0.05, 0) is 31.7 Å². The highest BCUT2D eigenvalue weighted by Crippen LogP contribution is 2.34. The maximum atomic E-state index is 12.2. The van der Waals surface area contributed by atoms with Crippen LogP contribution < -0.4 is 5.32 Å². The molecule has 1 N–H and O–H groups in total. The Hall–Kier alpha value is -0.830. The van der Waals surface area contributed by atoms with Crippen LogP contribution in [-0.4, -0.2) is 16.8 Å². The van der Waals surface area contributed by atoms with E-state index in [1.807, 2.05) is 37.3 Å². The van der Waals surface area contributed by atoms with E-state index in [2.05, 4.69) is 21.2 Å². The van der Waals surface area contributed by atoms with Crippen LogP contribution in [0.5, 0.6) is 0 Å². The van der Waals surface area contributed by atoms with E-state index in [1.54, 1.807) is 0 Å². The molecule has 1 atom stereocenters. The lowest BCUT2D eigenvalue weighted by Crippen LogP contribution is -2.55. The van der Waals surface area contributed by atoms with E-state index in [9.17, 15) is 4.79 Å². The van der Waals surface area contributed by atoms with Gasteiger partial charge in [-0.2, -0.15) is 0 Å². The summed E-state index contributed by atoms with van der Waals surface area (Å²) in [7, 11) is 0. The van der Waals surface area contributed by atoms with Crippen LogP contribution >= 0.6 is 15.9 Å². The zero-order valence-corrected chi connectivity index (χ0v) is 11.7. The van der Waals surface area contributed by atoms with E-state index in [4.69, 9.17) is 0 Å². The highest BCUT2D eigenvalue weighted by molar-refractivity contribution is 9.09. The van der Waals surface area contributed by atoms with Gasteiger partial charge in [0.1, 0.15) is 0 Å². The second-order valence-electron chi connectivity index (χ2n) is 4.89. The molecule has 0 spiro atoms. The van der Waals surface area contributed by atoms with E-state index >= 15 is 0 Å². The Kier molecular flexibility index (Phi) is 3.87. The number of hydrogen-bond donors (Lipinski definition) is 1. The van der Waals surface area contributed by atoms with Crippen LogP contribution in [0.15, 0.2) is 30.3 Å². The molecule has 1 unspecified atom stereocenters. The van der Waals surface area contributed by atoms with Crippen molar-refractivity contribution in [2.24, 2.45) is 0 Å². The van der Waals surface area contributed by atoms with Gasteiger partial charge >= 0.3 is 0 Å². The summed E-state index contributed by atoms with van der Waals surface area (Å²) in [5, 5.41) is 4.05. The molecule has 0 heterocycles. The van der Waals surface area contributed by atoms with Crippen molar-refractivity contribution < 1.29 is 4.79 Å². The highest BCUT2D eigenvalue weighted by Gasteiger charge is 2.38. The van der Waals surface area contributed by atoms with Crippen LogP contribution in [0.2, 0.25) is 0 Å². The monoisotopic (exact) mass is 295 g/mol. The smallest absolute Gasteiger partial charge is 0.227 e. The van der Waals surface area contributed by atoms with Gasteiger partial charge in [0.25, 0.3) is 0 Å². The summed E-state index contributed by atoms with van der Waals surface area (Å²) in [5.41, 5.74) is 1.09. The molecule has 0 bridgehead atoms. The third kappa shape index (κ3) is 2.71. The summed E-state index contributed by atoms with van der Waals surface area (Å²) >= 11 is 3.50. The largest absolute Gasteiger partial charge is 0.349 e. The zero-order valence-electron chi connectivity index (χ0n) is 10.1. The second-order valence-corrected chi connectivity index (χ2v) is 5.45. The molecule has 0 saturated heterocycles. The Bertz CT molecular complexity index is 381. The molecule has 1 amide bonds. The van der Waals surface area contributed by atoms with Crippen molar-refractivity contribution in [3.63, 3.8) is 0 Å². The number of benzene rings is 1. The third-order valence-electron chi connectivity index (χ3n) is 3.65. The summed E-state index contributed by atoms with van der Waals surface area (Å²) in [6, 6.07) is 9.93. The van der Waals surface area contributed by atoms with E-state index in [0.29, 0.717) is 0 Å². The fraction of sp³-hybridized carbons (Fsp3) is 0.500. The Morgan fingerprint density at radius 3 is 2.53 bits per heavy atom. The Balaban J connectivity index is 2.01. The zero-order chi connectivity index (χ0) is 12.3. The molecule has 17 heavy (non-hydrogen) atoms. The Labute approximate surface area is 111 Å². The number of hydrogen-bond acceptors (Lipinski definition) is 1. The van der Waals surface area contributed by atoms with Gasteiger partial charge < -0.3 is 5.32 Å². The minimum Gasteiger partial charge on any atom is -0.349 e. The molecule has 1 aromatic rings. The predicted molar refractivity (Wildman–Crippen MR) is 73.4 cm³/mol. The number of nitrogens with one attached hydrogen (secondary N) is 1. The van der Waals surface area contributed by atoms with Crippen molar-refractivity contribution in [2.45, 2.75) is 37.6 Å². The van der Waals surface area contributed by atoms with Crippen molar-refractivity contribution in [3.8, 4) is 0 Å². The number of carbonyl (C=O) groups excluding carboxylic acids is 1. The Morgan fingerprint density at radius 1 is 1.41 bits per heavy atom. The summed E-state index contributed by atoms with van der Waals surface area (Å²) in [6.45, 7) is 1.96. The molecular formula is C14H18BrNO.